The lowest BCUT2D eigenvalue weighted by Gasteiger charge is -2.11. The molecule has 136 valence electrons. The minimum atomic E-state index is -1.11. The number of hydrazine groups is 1. The Bertz CT molecular complexity index is 742. The summed E-state index contributed by atoms with van der Waals surface area (Å²) in [7, 11) is 0. The van der Waals surface area contributed by atoms with E-state index >= 15 is 0 Å². The number of anilines is 1. The van der Waals surface area contributed by atoms with Gasteiger partial charge >= 0.3 is 6.09 Å². The van der Waals surface area contributed by atoms with E-state index in [1.807, 2.05) is 5.38 Å². The van der Waals surface area contributed by atoms with E-state index in [9.17, 15) is 9.59 Å². The third-order valence-corrected chi connectivity index (χ3v) is 5.75. The zero-order valence-electron chi connectivity index (χ0n) is 14.2. The van der Waals surface area contributed by atoms with Crippen molar-refractivity contribution < 1.29 is 14.7 Å². The Hall–Kier alpha value is -1.97. The Labute approximate surface area is 154 Å². The predicted molar refractivity (Wildman–Crippen MR) is 100 cm³/mol. The van der Waals surface area contributed by atoms with Gasteiger partial charge in [0.2, 0.25) is 5.91 Å². The summed E-state index contributed by atoms with van der Waals surface area (Å²) < 4.78 is 0. The number of aryl methyl sites for hydroxylation is 4. The molecule has 0 unspecified atom stereocenters. The van der Waals surface area contributed by atoms with Gasteiger partial charge in [0.05, 0.1) is 5.69 Å². The van der Waals surface area contributed by atoms with Gasteiger partial charge in [-0.1, -0.05) is 0 Å². The van der Waals surface area contributed by atoms with Gasteiger partial charge in [0, 0.05) is 28.6 Å². The number of hydrogen-bond acceptors (Lipinski definition) is 6. The fourth-order valence-corrected chi connectivity index (χ4v) is 4.36. The molecule has 25 heavy (non-hydrogen) atoms. The van der Waals surface area contributed by atoms with Crippen LogP contribution >= 0.6 is 22.7 Å². The van der Waals surface area contributed by atoms with Gasteiger partial charge in [0.25, 0.3) is 0 Å². The molecule has 0 spiro atoms. The molecule has 0 aliphatic carbocycles. The molecular formula is C16H22N4O3S2. The van der Waals surface area contributed by atoms with Crippen LogP contribution in [0.15, 0.2) is 11.4 Å². The molecule has 0 aliphatic rings. The van der Waals surface area contributed by atoms with Crippen molar-refractivity contribution in [2.24, 2.45) is 5.84 Å². The van der Waals surface area contributed by atoms with Crippen molar-refractivity contribution in [2.45, 2.75) is 39.5 Å². The Morgan fingerprint density at radius 2 is 2.12 bits per heavy atom. The number of carbonyl (C=O) groups is 2. The summed E-state index contributed by atoms with van der Waals surface area (Å²) in [5.74, 6) is 5.26. The van der Waals surface area contributed by atoms with Gasteiger partial charge in [-0.15, -0.1) is 22.7 Å². The highest BCUT2D eigenvalue weighted by atomic mass is 32.1. The molecule has 7 nitrogen and oxygen atoms in total. The maximum Gasteiger partial charge on any atom is 0.421 e. The van der Waals surface area contributed by atoms with E-state index in [1.54, 1.807) is 11.3 Å². The zero-order chi connectivity index (χ0) is 18.4. The van der Waals surface area contributed by atoms with Crippen LogP contribution in [0.3, 0.4) is 0 Å². The summed E-state index contributed by atoms with van der Waals surface area (Å²) in [6.07, 6.45) is 2.14. The number of carbonyl (C=O) groups excluding carboxylic acids is 1. The number of nitrogens with one attached hydrogen (secondary N) is 1. The van der Waals surface area contributed by atoms with Crippen molar-refractivity contribution in [2.75, 3.05) is 11.9 Å². The lowest BCUT2D eigenvalue weighted by atomic mass is 10.1. The van der Waals surface area contributed by atoms with E-state index in [0.29, 0.717) is 18.1 Å². The van der Waals surface area contributed by atoms with E-state index in [2.05, 4.69) is 23.3 Å². The van der Waals surface area contributed by atoms with E-state index in [4.69, 9.17) is 10.9 Å². The molecule has 2 rings (SSSR count). The number of nitrogens with zero attached hydrogens (tertiary/aromatic N) is 2. The molecule has 2 heterocycles. The minimum absolute atomic E-state index is 0.113. The van der Waals surface area contributed by atoms with Crippen LogP contribution in [0.5, 0.6) is 0 Å². The molecule has 2 aromatic rings. The highest BCUT2D eigenvalue weighted by molar-refractivity contribution is 7.14. The summed E-state index contributed by atoms with van der Waals surface area (Å²) in [5.41, 5.74) is 2.21. The molecule has 0 saturated carbocycles. The summed E-state index contributed by atoms with van der Waals surface area (Å²) in [6.45, 7) is 3.87. The monoisotopic (exact) mass is 382 g/mol. The number of nitrogens with two attached hydrogens (primary N) is 1. The topological polar surface area (TPSA) is 109 Å². The van der Waals surface area contributed by atoms with Gasteiger partial charge in [-0.25, -0.2) is 20.6 Å². The van der Waals surface area contributed by atoms with Gasteiger partial charge < -0.3 is 10.4 Å². The zero-order valence-corrected chi connectivity index (χ0v) is 15.9. The predicted octanol–water partition coefficient (Wildman–Crippen LogP) is 3.04. The van der Waals surface area contributed by atoms with Crippen LogP contribution in [-0.4, -0.2) is 33.6 Å². The number of thiazole rings is 1. The maximum absolute atomic E-state index is 11.0. The normalized spacial score (nSPS) is 10.7. The molecule has 0 fully saturated rings. The first-order chi connectivity index (χ1) is 11.8. The smallest absolute Gasteiger partial charge is 0.421 e. The third-order valence-electron chi connectivity index (χ3n) is 3.58. The minimum Gasteiger partial charge on any atom is -0.464 e. The molecule has 2 aromatic heterocycles. The first-order valence-corrected chi connectivity index (χ1v) is 9.60. The second kappa shape index (κ2) is 8.93. The molecule has 9 heteroatoms. The first kappa shape index (κ1) is 19.4. The molecular weight excluding hydrogens is 360 g/mol. The van der Waals surface area contributed by atoms with Gasteiger partial charge in [0.1, 0.15) is 0 Å². The first-order valence-electron chi connectivity index (χ1n) is 7.90. The van der Waals surface area contributed by atoms with Crippen LogP contribution in [0.4, 0.5) is 9.93 Å². The van der Waals surface area contributed by atoms with Crippen LogP contribution in [0.25, 0.3) is 0 Å². The Morgan fingerprint density at radius 3 is 2.80 bits per heavy atom. The maximum atomic E-state index is 11.0. The lowest BCUT2D eigenvalue weighted by molar-refractivity contribution is -0.114. The van der Waals surface area contributed by atoms with E-state index in [1.165, 1.54) is 33.6 Å². The SMILES string of the molecule is CC(=O)Nc1nc(CCc2cc(C)c(CCCN(N)C(=O)O)s2)cs1. The van der Waals surface area contributed by atoms with Crippen molar-refractivity contribution in [3.8, 4) is 0 Å². The average molecular weight is 383 g/mol. The molecule has 4 N–H and O–H groups in total. The van der Waals surface area contributed by atoms with Crippen molar-refractivity contribution in [1.29, 1.82) is 0 Å². The second-order valence-corrected chi connectivity index (χ2v) is 7.80. The highest BCUT2D eigenvalue weighted by Gasteiger charge is 2.10. The third kappa shape index (κ3) is 6.11. The molecule has 0 saturated heterocycles. The van der Waals surface area contributed by atoms with Crippen LogP contribution < -0.4 is 11.2 Å². The summed E-state index contributed by atoms with van der Waals surface area (Å²) in [6, 6.07) is 2.18. The van der Waals surface area contributed by atoms with Crippen molar-refractivity contribution >= 4 is 39.8 Å². The van der Waals surface area contributed by atoms with Crippen LogP contribution in [-0.2, 0) is 24.1 Å². The van der Waals surface area contributed by atoms with Crippen molar-refractivity contribution in [3.63, 3.8) is 0 Å². The number of aromatic nitrogens is 1. The van der Waals surface area contributed by atoms with Gasteiger partial charge in [-0.05, 0) is 44.2 Å². The number of thiophene rings is 1. The molecule has 0 bridgehead atoms. The molecule has 0 aliphatic heterocycles. The largest absolute Gasteiger partial charge is 0.464 e. The summed E-state index contributed by atoms with van der Waals surface area (Å²) in [4.78, 5) is 28.6. The van der Waals surface area contributed by atoms with Gasteiger partial charge in [-0.3, -0.25) is 4.79 Å². The fourth-order valence-electron chi connectivity index (χ4n) is 2.35. The summed E-state index contributed by atoms with van der Waals surface area (Å²) >= 11 is 3.19. The van der Waals surface area contributed by atoms with Crippen LogP contribution in [0.1, 0.15) is 34.4 Å². The molecule has 0 atom stereocenters. The Balaban J connectivity index is 1.84. The molecule has 2 amide bonds. The number of amides is 2. The van der Waals surface area contributed by atoms with Crippen LogP contribution in [0.2, 0.25) is 0 Å². The Morgan fingerprint density at radius 1 is 1.36 bits per heavy atom. The van der Waals surface area contributed by atoms with E-state index < -0.39 is 6.09 Å². The standard InChI is InChI=1S/C16H22N4O3S2/c1-10-8-13(25-14(10)4-3-7-20(17)16(22)23)6-5-12-9-24-15(19-12)18-11(2)21/h8-9H,3-7,17H2,1-2H3,(H,22,23)(H,18,19,21). The van der Waals surface area contributed by atoms with Crippen molar-refractivity contribution in [1.82, 2.24) is 9.99 Å². The Kier molecular flexibility index (Phi) is 6.91. The second-order valence-electron chi connectivity index (χ2n) is 5.72. The number of hydrogen-bond donors (Lipinski definition) is 3. The summed E-state index contributed by atoms with van der Waals surface area (Å²) in [5, 5.41) is 14.9. The van der Waals surface area contributed by atoms with Gasteiger partial charge in [-0.2, -0.15) is 0 Å². The highest BCUT2D eigenvalue weighted by Crippen LogP contribution is 2.25. The lowest BCUT2D eigenvalue weighted by Crippen LogP contribution is -2.37. The van der Waals surface area contributed by atoms with E-state index in [0.717, 1.165) is 30.0 Å². The number of rotatable bonds is 8. The fraction of sp³-hybridized carbons (Fsp3) is 0.438. The van der Waals surface area contributed by atoms with E-state index in [-0.39, 0.29) is 5.91 Å². The van der Waals surface area contributed by atoms with Crippen molar-refractivity contribution in [3.05, 3.63) is 32.5 Å². The molecule has 0 aromatic carbocycles. The quantitative estimate of drug-likeness (QED) is 0.369. The average Bonchev–Trinajstić information content (AvgIpc) is 3.11. The molecule has 0 radical (unpaired) electrons. The van der Waals surface area contributed by atoms with Gasteiger partial charge in [0.15, 0.2) is 5.13 Å². The van der Waals surface area contributed by atoms with Crippen LogP contribution in [0, 0.1) is 6.92 Å². The number of carboxylic acid groups (broad SMARTS) is 1.